The summed E-state index contributed by atoms with van der Waals surface area (Å²) in [5.41, 5.74) is 4.13. The molecule has 2 N–H and O–H groups in total. The summed E-state index contributed by atoms with van der Waals surface area (Å²) in [6.07, 6.45) is 6.75. The number of nitrogens with one attached hydrogen (secondary N) is 2. The van der Waals surface area contributed by atoms with Gasteiger partial charge in [0, 0.05) is 62.6 Å². The van der Waals surface area contributed by atoms with Crippen LogP contribution in [-0.2, 0) is 17.7 Å². The van der Waals surface area contributed by atoms with Crippen molar-refractivity contribution in [3.8, 4) is 11.3 Å². The molecule has 10 nitrogen and oxygen atoms in total. The number of rotatable bonds is 7. The van der Waals surface area contributed by atoms with Gasteiger partial charge < -0.3 is 19.9 Å². The van der Waals surface area contributed by atoms with Crippen molar-refractivity contribution >= 4 is 22.9 Å². The molecule has 0 unspecified atom stereocenters. The molecule has 42 heavy (non-hydrogen) atoms. The van der Waals surface area contributed by atoms with E-state index in [9.17, 15) is 4.79 Å². The van der Waals surface area contributed by atoms with Crippen molar-refractivity contribution in [3.05, 3.63) is 65.8 Å². The maximum atomic E-state index is 15.2. The fourth-order valence-electron chi connectivity index (χ4n) is 5.28. The molecule has 0 radical (unpaired) electrons. The van der Waals surface area contributed by atoms with Crippen molar-refractivity contribution < 1.29 is 13.9 Å². The van der Waals surface area contributed by atoms with Gasteiger partial charge in [0.1, 0.15) is 23.4 Å². The van der Waals surface area contributed by atoms with Crippen LogP contribution in [0.2, 0.25) is 0 Å². The number of aromatic amines is 1. The van der Waals surface area contributed by atoms with Gasteiger partial charge in [-0.25, -0.2) is 24.1 Å². The van der Waals surface area contributed by atoms with Crippen molar-refractivity contribution in [2.75, 3.05) is 31.5 Å². The van der Waals surface area contributed by atoms with Crippen LogP contribution in [0.3, 0.4) is 0 Å². The van der Waals surface area contributed by atoms with Gasteiger partial charge in [-0.1, -0.05) is 6.07 Å². The quantitative estimate of drug-likeness (QED) is 0.312. The molecule has 2 fully saturated rings. The first-order valence-electron chi connectivity index (χ1n) is 14.6. The van der Waals surface area contributed by atoms with Crippen molar-refractivity contribution in [3.63, 3.8) is 0 Å². The molecule has 1 saturated carbocycles. The fraction of sp³-hybridized carbons (Fsp3) is 0.452. The van der Waals surface area contributed by atoms with E-state index in [1.807, 2.05) is 51.2 Å². The molecular weight excluding hydrogens is 535 g/mol. The molecule has 11 heteroatoms. The molecule has 1 amide bonds. The third kappa shape index (κ3) is 6.51. The Hall–Kier alpha value is -4.12. The molecule has 4 heterocycles. The van der Waals surface area contributed by atoms with E-state index in [1.54, 1.807) is 4.90 Å². The number of fused-ring (bicyclic) bond motifs is 1. The summed E-state index contributed by atoms with van der Waals surface area (Å²) in [6.45, 7) is 9.29. The van der Waals surface area contributed by atoms with E-state index in [4.69, 9.17) is 9.72 Å². The van der Waals surface area contributed by atoms with Gasteiger partial charge in [0.25, 0.3) is 0 Å². The SMILES string of the molecule is CC(C)(C)OC(=O)N1CCN(Cc2ccnc(Cc3nc4ccc(-c5ncnc(NC6CCC6)c5F)cc4[nH]3)c2)CC1. The Balaban J connectivity index is 1.09. The van der Waals surface area contributed by atoms with E-state index in [0.29, 0.717) is 25.1 Å². The lowest BCUT2D eigenvalue weighted by Crippen LogP contribution is -2.49. The van der Waals surface area contributed by atoms with E-state index >= 15 is 4.39 Å². The number of hydrogen-bond donors (Lipinski definition) is 2. The molecule has 1 aliphatic carbocycles. The molecule has 0 bridgehead atoms. The number of imidazole rings is 1. The third-order valence-electron chi connectivity index (χ3n) is 7.70. The minimum absolute atomic E-state index is 0.251. The number of ether oxygens (including phenoxy) is 1. The number of H-pyrrole nitrogens is 1. The fourth-order valence-corrected chi connectivity index (χ4v) is 5.28. The Morgan fingerprint density at radius 3 is 2.64 bits per heavy atom. The number of hydrogen-bond acceptors (Lipinski definition) is 8. The number of pyridine rings is 1. The predicted octanol–water partition coefficient (Wildman–Crippen LogP) is 5.16. The summed E-state index contributed by atoms with van der Waals surface area (Å²) in [5.74, 6) is 0.606. The lowest BCUT2D eigenvalue weighted by Gasteiger charge is -2.35. The second kappa shape index (κ2) is 11.6. The van der Waals surface area contributed by atoms with Gasteiger partial charge in [-0.2, -0.15) is 0 Å². The number of piperazine rings is 1. The summed E-state index contributed by atoms with van der Waals surface area (Å²) in [4.78, 5) is 37.5. The summed E-state index contributed by atoms with van der Waals surface area (Å²) in [5, 5.41) is 3.19. The summed E-state index contributed by atoms with van der Waals surface area (Å²) in [6, 6.07) is 10.0. The summed E-state index contributed by atoms with van der Waals surface area (Å²) in [7, 11) is 0. The zero-order valence-corrected chi connectivity index (χ0v) is 24.4. The van der Waals surface area contributed by atoms with Gasteiger partial charge in [0.05, 0.1) is 11.0 Å². The zero-order valence-electron chi connectivity index (χ0n) is 24.4. The number of halogens is 1. The molecule has 4 aromatic rings. The van der Waals surface area contributed by atoms with Crippen LogP contribution in [0.15, 0.2) is 42.9 Å². The minimum Gasteiger partial charge on any atom is -0.444 e. The Kier molecular flexibility index (Phi) is 7.76. The number of amides is 1. The predicted molar refractivity (Wildman–Crippen MR) is 158 cm³/mol. The average Bonchev–Trinajstić information content (AvgIpc) is 3.32. The van der Waals surface area contributed by atoms with Crippen LogP contribution in [-0.4, -0.2) is 78.6 Å². The minimum atomic E-state index is -0.491. The van der Waals surface area contributed by atoms with Crippen LogP contribution in [0, 0.1) is 5.82 Å². The van der Waals surface area contributed by atoms with Gasteiger partial charge in [-0.3, -0.25) is 9.88 Å². The van der Waals surface area contributed by atoms with Crippen molar-refractivity contribution in [2.24, 2.45) is 0 Å². The maximum absolute atomic E-state index is 15.2. The van der Waals surface area contributed by atoms with Crippen LogP contribution in [0.25, 0.3) is 22.3 Å². The second-order valence-corrected chi connectivity index (χ2v) is 12.1. The molecule has 6 rings (SSSR count). The van der Waals surface area contributed by atoms with Gasteiger partial charge in [0.15, 0.2) is 11.6 Å². The number of benzene rings is 1. The summed E-state index contributed by atoms with van der Waals surface area (Å²) < 4.78 is 20.8. The molecule has 3 aromatic heterocycles. The molecule has 1 saturated heterocycles. The number of aromatic nitrogens is 5. The topological polar surface area (TPSA) is 112 Å². The summed E-state index contributed by atoms with van der Waals surface area (Å²) >= 11 is 0. The van der Waals surface area contributed by atoms with Crippen molar-refractivity contribution in [2.45, 2.75) is 64.6 Å². The highest BCUT2D eigenvalue weighted by atomic mass is 19.1. The Morgan fingerprint density at radius 1 is 1.10 bits per heavy atom. The number of nitrogens with zero attached hydrogens (tertiary/aromatic N) is 6. The molecule has 1 aliphatic heterocycles. The number of anilines is 1. The first-order valence-corrected chi connectivity index (χ1v) is 14.6. The number of carbonyl (C=O) groups is 1. The van der Waals surface area contributed by atoms with E-state index < -0.39 is 11.4 Å². The smallest absolute Gasteiger partial charge is 0.410 e. The van der Waals surface area contributed by atoms with Crippen molar-refractivity contribution in [1.82, 2.24) is 34.7 Å². The zero-order chi connectivity index (χ0) is 29.3. The van der Waals surface area contributed by atoms with Crippen LogP contribution in [0.5, 0.6) is 0 Å². The average molecular weight is 573 g/mol. The lowest BCUT2D eigenvalue weighted by molar-refractivity contribution is 0.0139. The van der Waals surface area contributed by atoms with Gasteiger partial charge in [-0.15, -0.1) is 0 Å². The maximum Gasteiger partial charge on any atom is 0.410 e. The van der Waals surface area contributed by atoms with Crippen LogP contribution < -0.4 is 5.32 Å². The molecule has 2 aliphatic rings. The van der Waals surface area contributed by atoms with E-state index in [2.05, 4.69) is 36.2 Å². The molecule has 0 atom stereocenters. The van der Waals surface area contributed by atoms with Crippen LogP contribution in [0.4, 0.5) is 15.0 Å². The normalized spacial score (nSPS) is 16.4. The standard InChI is InChI=1S/C31H37FN8O2/c1-31(2,3)42-30(41)40-13-11-39(12-14-40)18-20-9-10-33-23(15-20)17-26-37-24-8-7-21(16-25(24)38-26)28-27(32)29(35-19-34-28)36-22-5-4-6-22/h7-10,15-16,19,22H,4-6,11-14,17-18H2,1-3H3,(H,37,38)(H,34,35,36). The third-order valence-corrected chi connectivity index (χ3v) is 7.70. The first-order chi connectivity index (χ1) is 20.2. The van der Waals surface area contributed by atoms with E-state index in [1.165, 1.54) is 6.33 Å². The first kappa shape index (κ1) is 28.0. The molecular formula is C31H37FN8O2. The Morgan fingerprint density at radius 2 is 1.90 bits per heavy atom. The van der Waals surface area contributed by atoms with Gasteiger partial charge in [-0.05, 0) is 69.9 Å². The van der Waals surface area contributed by atoms with Crippen molar-refractivity contribution in [1.29, 1.82) is 0 Å². The largest absolute Gasteiger partial charge is 0.444 e. The van der Waals surface area contributed by atoms with E-state index in [-0.39, 0.29) is 23.6 Å². The Labute approximate surface area is 244 Å². The van der Waals surface area contributed by atoms with Gasteiger partial charge >= 0.3 is 6.09 Å². The lowest BCUT2D eigenvalue weighted by atomic mass is 9.93. The van der Waals surface area contributed by atoms with E-state index in [0.717, 1.165) is 67.0 Å². The molecule has 220 valence electrons. The monoisotopic (exact) mass is 572 g/mol. The highest BCUT2D eigenvalue weighted by Gasteiger charge is 2.26. The van der Waals surface area contributed by atoms with Crippen LogP contribution in [0.1, 0.15) is 57.1 Å². The van der Waals surface area contributed by atoms with Crippen LogP contribution >= 0.6 is 0 Å². The highest BCUT2D eigenvalue weighted by molar-refractivity contribution is 5.81. The molecule has 1 aromatic carbocycles. The molecule has 0 spiro atoms. The highest BCUT2D eigenvalue weighted by Crippen LogP contribution is 2.29. The second-order valence-electron chi connectivity index (χ2n) is 12.1. The van der Waals surface area contributed by atoms with Gasteiger partial charge in [0.2, 0.25) is 0 Å². The number of carbonyl (C=O) groups excluding carboxylic acids is 1. The Bertz CT molecular complexity index is 1570.